The lowest BCUT2D eigenvalue weighted by Crippen LogP contribution is -2.29. The fourth-order valence-corrected chi connectivity index (χ4v) is 0.869. The summed E-state index contributed by atoms with van der Waals surface area (Å²) in [6.07, 6.45) is -1.35. The summed E-state index contributed by atoms with van der Waals surface area (Å²) in [4.78, 5) is 11.0. The lowest BCUT2D eigenvalue weighted by Gasteiger charge is -2.07. The molecule has 0 saturated carbocycles. The van der Waals surface area contributed by atoms with Crippen LogP contribution in [0.2, 0.25) is 0 Å². The number of ether oxygens (including phenoxy) is 1. The minimum Gasteiger partial charge on any atom is -0.486 e. The number of benzene rings is 1. The molecule has 0 aliphatic heterocycles. The predicted octanol–water partition coefficient (Wildman–Crippen LogP) is -0.0123. The molecule has 0 radical (unpaired) electrons. The van der Waals surface area contributed by atoms with Crippen LogP contribution in [-0.4, -0.2) is 35.3 Å². The second-order valence-electron chi connectivity index (χ2n) is 2.77. The van der Waals surface area contributed by atoms with E-state index < -0.39 is 18.5 Å². The Bertz CT molecular complexity index is 283. The van der Waals surface area contributed by atoms with E-state index in [-0.39, 0.29) is 6.61 Å². The smallest absolute Gasteiger partial charge is 0.200 e. The van der Waals surface area contributed by atoms with E-state index in [1.807, 2.05) is 6.07 Å². The van der Waals surface area contributed by atoms with E-state index in [0.717, 1.165) is 0 Å². The van der Waals surface area contributed by atoms with Gasteiger partial charge in [-0.15, -0.1) is 0 Å². The van der Waals surface area contributed by atoms with Crippen LogP contribution in [0.4, 0.5) is 0 Å². The van der Waals surface area contributed by atoms with Crippen molar-refractivity contribution in [2.45, 2.75) is 6.10 Å². The summed E-state index contributed by atoms with van der Waals surface area (Å²) in [5.74, 6) is 0.0299. The van der Waals surface area contributed by atoms with Crippen molar-refractivity contribution in [3.8, 4) is 5.75 Å². The highest BCUT2D eigenvalue weighted by molar-refractivity contribution is 5.84. The summed E-state index contributed by atoms with van der Waals surface area (Å²) in [5.41, 5.74) is 0. The number of aliphatic hydroxyl groups is 2. The van der Waals surface area contributed by atoms with Crippen LogP contribution in [0.5, 0.6) is 5.75 Å². The molecular weight excluding hydrogens is 184 g/mol. The van der Waals surface area contributed by atoms with Crippen LogP contribution in [-0.2, 0) is 4.79 Å². The fraction of sp³-hybridized carbons (Fsp3) is 0.300. The average Bonchev–Trinajstić information content (AvgIpc) is 2.26. The van der Waals surface area contributed by atoms with E-state index in [1.54, 1.807) is 24.3 Å². The number of aliphatic hydroxyl groups excluding tert-OH is 2. The highest BCUT2D eigenvalue weighted by atomic mass is 16.5. The van der Waals surface area contributed by atoms with Crippen molar-refractivity contribution in [1.29, 1.82) is 0 Å². The van der Waals surface area contributed by atoms with Gasteiger partial charge < -0.3 is 14.9 Å². The van der Waals surface area contributed by atoms with Crippen molar-refractivity contribution in [3.63, 3.8) is 0 Å². The van der Waals surface area contributed by atoms with Gasteiger partial charge in [-0.3, -0.25) is 4.79 Å². The largest absolute Gasteiger partial charge is 0.486 e. The second kappa shape index (κ2) is 5.36. The molecule has 0 saturated heterocycles. The van der Waals surface area contributed by atoms with Gasteiger partial charge in [-0.05, 0) is 12.1 Å². The lowest BCUT2D eigenvalue weighted by molar-refractivity contribution is -0.131. The van der Waals surface area contributed by atoms with Crippen LogP contribution in [0.1, 0.15) is 0 Å². The predicted molar refractivity (Wildman–Crippen MR) is 50.0 cm³/mol. The standard InChI is InChI=1S/C10H12O4/c11-6-9(12)10(13)7-14-8-4-2-1-3-5-8/h1-5,9,11-12H,6-7H2. The first-order chi connectivity index (χ1) is 6.74. The molecule has 1 rings (SSSR count). The molecule has 0 fully saturated rings. The molecule has 0 aromatic heterocycles. The first kappa shape index (κ1) is 10.7. The lowest BCUT2D eigenvalue weighted by atomic mass is 10.2. The van der Waals surface area contributed by atoms with Crippen LogP contribution in [0.15, 0.2) is 30.3 Å². The molecular formula is C10H12O4. The number of Topliss-reactive ketones (excluding diaryl/α,β-unsaturated/α-hetero) is 1. The summed E-state index contributed by atoms with van der Waals surface area (Å²) in [5, 5.41) is 17.4. The molecule has 0 heterocycles. The third kappa shape index (κ3) is 3.16. The van der Waals surface area contributed by atoms with E-state index in [1.165, 1.54) is 0 Å². The van der Waals surface area contributed by atoms with Crippen molar-refractivity contribution in [3.05, 3.63) is 30.3 Å². The molecule has 4 nitrogen and oxygen atoms in total. The third-order valence-corrected chi connectivity index (χ3v) is 1.67. The van der Waals surface area contributed by atoms with E-state index in [9.17, 15) is 4.79 Å². The van der Waals surface area contributed by atoms with E-state index in [2.05, 4.69) is 0 Å². The average molecular weight is 196 g/mol. The third-order valence-electron chi connectivity index (χ3n) is 1.67. The molecule has 1 aromatic rings. The quantitative estimate of drug-likeness (QED) is 0.695. The Labute approximate surface area is 81.8 Å². The van der Waals surface area contributed by atoms with Gasteiger partial charge in [0.05, 0.1) is 6.61 Å². The molecule has 76 valence electrons. The van der Waals surface area contributed by atoms with Crippen molar-refractivity contribution in [1.82, 2.24) is 0 Å². The molecule has 0 aliphatic carbocycles. The van der Waals surface area contributed by atoms with Crippen molar-refractivity contribution in [2.24, 2.45) is 0 Å². The zero-order chi connectivity index (χ0) is 10.4. The molecule has 0 amide bonds. The highest BCUT2D eigenvalue weighted by Gasteiger charge is 2.13. The first-order valence-electron chi connectivity index (χ1n) is 4.23. The first-order valence-corrected chi connectivity index (χ1v) is 4.23. The number of hydrogen-bond donors (Lipinski definition) is 2. The van der Waals surface area contributed by atoms with Gasteiger partial charge in [-0.1, -0.05) is 18.2 Å². The minimum atomic E-state index is -1.35. The summed E-state index contributed by atoms with van der Waals surface area (Å²) in [6, 6.07) is 8.80. The molecule has 0 aliphatic rings. The van der Waals surface area contributed by atoms with Gasteiger partial charge in [0.25, 0.3) is 0 Å². The molecule has 1 atom stereocenters. The Morgan fingerprint density at radius 3 is 2.57 bits per heavy atom. The Balaban J connectivity index is 2.38. The van der Waals surface area contributed by atoms with Crippen molar-refractivity contribution in [2.75, 3.05) is 13.2 Å². The Morgan fingerprint density at radius 2 is 2.00 bits per heavy atom. The molecule has 4 heteroatoms. The maximum Gasteiger partial charge on any atom is 0.200 e. The zero-order valence-corrected chi connectivity index (χ0v) is 7.59. The number of carbonyl (C=O) groups excluding carboxylic acids is 1. The van der Waals surface area contributed by atoms with Gasteiger partial charge >= 0.3 is 0 Å². The van der Waals surface area contributed by atoms with Crippen LogP contribution in [0.3, 0.4) is 0 Å². The fourth-order valence-electron chi connectivity index (χ4n) is 0.869. The monoisotopic (exact) mass is 196 g/mol. The van der Waals surface area contributed by atoms with E-state index in [0.29, 0.717) is 5.75 Å². The molecule has 0 bridgehead atoms. The summed E-state index contributed by atoms with van der Waals surface area (Å²) >= 11 is 0. The maximum atomic E-state index is 11.0. The second-order valence-corrected chi connectivity index (χ2v) is 2.77. The Hall–Kier alpha value is -1.39. The van der Waals surface area contributed by atoms with Gasteiger partial charge in [0, 0.05) is 0 Å². The molecule has 0 spiro atoms. The van der Waals surface area contributed by atoms with Gasteiger partial charge in [-0.2, -0.15) is 0 Å². The van der Waals surface area contributed by atoms with Gasteiger partial charge in [0.15, 0.2) is 0 Å². The number of para-hydroxylation sites is 1. The Morgan fingerprint density at radius 1 is 1.36 bits per heavy atom. The highest BCUT2D eigenvalue weighted by Crippen LogP contribution is 2.07. The van der Waals surface area contributed by atoms with Crippen LogP contribution < -0.4 is 4.74 Å². The normalized spacial score (nSPS) is 12.1. The SMILES string of the molecule is O=C(COc1ccccc1)C(O)CO. The van der Waals surface area contributed by atoms with Gasteiger partial charge in [-0.25, -0.2) is 0 Å². The maximum absolute atomic E-state index is 11.0. The number of rotatable bonds is 5. The summed E-state index contributed by atoms with van der Waals surface area (Å²) in [6.45, 7) is -0.803. The van der Waals surface area contributed by atoms with Crippen molar-refractivity contribution < 1.29 is 19.7 Å². The topological polar surface area (TPSA) is 66.8 Å². The molecule has 1 aromatic carbocycles. The number of hydrogen-bond acceptors (Lipinski definition) is 4. The van der Waals surface area contributed by atoms with Crippen LogP contribution in [0.25, 0.3) is 0 Å². The molecule has 2 N–H and O–H groups in total. The summed E-state index contributed by atoms with van der Waals surface area (Å²) < 4.78 is 5.07. The van der Waals surface area contributed by atoms with Crippen molar-refractivity contribution >= 4 is 5.78 Å². The van der Waals surface area contributed by atoms with E-state index >= 15 is 0 Å². The number of ketones is 1. The van der Waals surface area contributed by atoms with E-state index in [4.69, 9.17) is 14.9 Å². The molecule has 14 heavy (non-hydrogen) atoms. The summed E-state index contributed by atoms with van der Waals surface area (Å²) in [7, 11) is 0. The Kier molecular flexibility index (Phi) is 4.10. The molecule has 1 unspecified atom stereocenters. The minimum absolute atomic E-state index is 0.230. The van der Waals surface area contributed by atoms with Gasteiger partial charge in [0.2, 0.25) is 5.78 Å². The van der Waals surface area contributed by atoms with Crippen LogP contribution in [0, 0.1) is 0 Å². The zero-order valence-electron chi connectivity index (χ0n) is 7.59. The van der Waals surface area contributed by atoms with Gasteiger partial charge in [0.1, 0.15) is 18.5 Å². The number of carbonyl (C=O) groups is 1. The van der Waals surface area contributed by atoms with Crippen LogP contribution >= 0.6 is 0 Å².